The summed E-state index contributed by atoms with van der Waals surface area (Å²) in [6.07, 6.45) is 0. The summed E-state index contributed by atoms with van der Waals surface area (Å²) in [5.41, 5.74) is 0. The highest BCUT2D eigenvalue weighted by molar-refractivity contribution is 7.99. The van der Waals surface area contributed by atoms with E-state index in [2.05, 4.69) is 66.7 Å². The number of fused-ring (bicyclic) bond motifs is 3. The second kappa shape index (κ2) is 6.15. The summed E-state index contributed by atoms with van der Waals surface area (Å²) < 4.78 is 13.1. The first kappa shape index (κ1) is 15.4. The molecule has 0 N–H and O–H groups in total. The Kier molecular flexibility index (Phi) is 3.65. The number of rotatable bonds is 2. The highest BCUT2D eigenvalue weighted by Gasteiger charge is 2.04. The molecule has 0 atom stereocenters. The van der Waals surface area contributed by atoms with Gasteiger partial charge in [-0.25, -0.2) is 4.39 Å². The predicted molar refractivity (Wildman–Crippen MR) is 109 cm³/mol. The molecule has 0 aliphatic heterocycles. The lowest BCUT2D eigenvalue weighted by Gasteiger charge is -2.07. The second-order valence-corrected chi connectivity index (χ2v) is 7.61. The maximum atomic E-state index is 13.1. The lowest BCUT2D eigenvalue weighted by molar-refractivity contribution is 0.626. The molecule has 5 aromatic carbocycles. The van der Waals surface area contributed by atoms with E-state index in [0.717, 1.165) is 9.79 Å². The zero-order valence-electron chi connectivity index (χ0n) is 13.9. The van der Waals surface area contributed by atoms with Crippen molar-refractivity contribution in [2.45, 2.75) is 9.79 Å². The molecule has 0 nitrogen and oxygen atoms in total. The number of hydrogen-bond donors (Lipinski definition) is 0. The van der Waals surface area contributed by atoms with Crippen LogP contribution in [0.15, 0.2) is 101 Å². The largest absolute Gasteiger partial charge is 0.207 e. The zero-order valence-corrected chi connectivity index (χ0v) is 14.8. The van der Waals surface area contributed by atoms with Gasteiger partial charge in [-0.15, -0.1) is 0 Å². The van der Waals surface area contributed by atoms with Gasteiger partial charge in [-0.1, -0.05) is 42.1 Å². The molecule has 0 bridgehead atoms. The van der Waals surface area contributed by atoms with Crippen molar-refractivity contribution in [3.8, 4) is 0 Å². The normalized spacial score (nSPS) is 11.4. The second-order valence-electron chi connectivity index (χ2n) is 6.46. The Morgan fingerprint density at radius 3 is 1.62 bits per heavy atom. The Bertz CT molecular complexity index is 1260. The molecule has 0 saturated carbocycles. The Morgan fingerprint density at radius 2 is 0.962 bits per heavy atom. The predicted octanol–water partition coefficient (Wildman–Crippen LogP) is 7.44. The van der Waals surface area contributed by atoms with E-state index in [1.54, 1.807) is 11.8 Å². The Labute approximate surface area is 155 Å². The van der Waals surface area contributed by atoms with Gasteiger partial charge in [0.2, 0.25) is 0 Å². The van der Waals surface area contributed by atoms with Gasteiger partial charge in [0.1, 0.15) is 5.82 Å². The minimum absolute atomic E-state index is 0.202. The van der Waals surface area contributed by atoms with Gasteiger partial charge in [0.15, 0.2) is 0 Å². The van der Waals surface area contributed by atoms with E-state index in [1.807, 2.05) is 12.1 Å². The van der Waals surface area contributed by atoms with Crippen molar-refractivity contribution in [1.82, 2.24) is 0 Å². The van der Waals surface area contributed by atoms with Gasteiger partial charge < -0.3 is 0 Å². The summed E-state index contributed by atoms with van der Waals surface area (Å²) in [5, 5.41) is 7.49. The molecule has 26 heavy (non-hydrogen) atoms. The fraction of sp³-hybridized carbons (Fsp3) is 0. The van der Waals surface area contributed by atoms with Crippen LogP contribution < -0.4 is 0 Å². The molecule has 2 heteroatoms. The smallest absolute Gasteiger partial charge is 0.123 e. The monoisotopic (exact) mass is 354 g/mol. The Morgan fingerprint density at radius 1 is 0.462 bits per heavy atom. The zero-order chi connectivity index (χ0) is 17.5. The average molecular weight is 354 g/mol. The van der Waals surface area contributed by atoms with E-state index in [4.69, 9.17) is 0 Å². The molecule has 0 spiro atoms. The molecule has 0 aliphatic rings. The van der Waals surface area contributed by atoms with Crippen molar-refractivity contribution in [3.63, 3.8) is 0 Å². The summed E-state index contributed by atoms with van der Waals surface area (Å²) in [5.74, 6) is -0.202. The molecule has 0 fully saturated rings. The standard InChI is InChI=1S/C24H15FS/c25-22-6-9-23(10-7-22)26-24-8-5-18-13-19-11-16-3-1-2-4-17(16)12-20(19)14-21(18)15-24/h1-15H. The highest BCUT2D eigenvalue weighted by Crippen LogP contribution is 2.33. The maximum Gasteiger partial charge on any atom is 0.123 e. The van der Waals surface area contributed by atoms with Gasteiger partial charge in [-0.2, -0.15) is 0 Å². The quantitative estimate of drug-likeness (QED) is 0.297. The molecule has 0 unspecified atom stereocenters. The van der Waals surface area contributed by atoms with Crippen molar-refractivity contribution in [2.75, 3.05) is 0 Å². The number of halogens is 1. The summed E-state index contributed by atoms with van der Waals surface area (Å²) >= 11 is 1.65. The van der Waals surface area contributed by atoms with Crippen LogP contribution in [0.5, 0.6) is 0 Å². The summed E-state index contributed by atoms with van der Waals surface area (Å²) in [4.78, 5) is 2.20. The molecule has 124 valence electrons. The molecule has 0 saturated heterocycles. The topological polar surface area (TPSA) is 0 Å². The van der Waals surface area contributed by atoms with Crippen molar-refractivity contribution in [3.05, 3.63) is 96.8 Å². The molecule has 0 heterocycles. The molecule has 5 aromatic rings. The van der Waals surface area contributed by atoms with Crippen LogP contribution in [0.4, 0.5) is 4.39 Å². The van der Waals surface area contributed by atoms with E-state index in [9.17, 15) is 4.39 Å². The van der Waals surface area contributed by atoms with E-state index in [0.29, 0.717) is 0 Å². The Balaban J connectivity index is 1.61. The van der Waals surface area contributed by atoms with E-state index in [1.165, 1.54) is 44.5 Å². The van der Waals surface area contributed by atoms with Gasteiger partial charge >= 0.3 is 0 Å². The van der Waals surface area contributed by atoms with Crippen LogP contribution in [0.2, 0.25) is 0 Å². The third kappa shape index (κ3) is 2.83. The lowest BCUT2D eigenvalue weighted by atomic mass is 10.00. The molecule has 0 amide bonds. The van der Waals surface area contributed by atoms with E-state index < -0.39 is 0 Å². The third-order valence-electron chi connectivity index (χ3n) is 4.68. The van der Waals surface area contributed by atoms with Crippen molar-refractivity contribution >= 4 is 44.1 Å². The van der Waals surface area contributed by atoms with Gasteiger partial charge in [0.05, 0.1) is 0 Å². The summed E-state index contributed by atoms with van der Waals surface area (Å²) in [6.45, 7) is 0. The first-order chi connectivity index (χ1) is 12.7. The Hall–Kier alpha value is -2.84. The summed E-state index contributed by atoms with van der Waals surface area (Å²) in [7, 11) is 0. The van der Waals surface area contributed by atoms with Gasteiger partial charge in [-0.05, 0) is 93.0 Å². The van der Waals surface area contributed by atoms with Crippen LogP contribution in [-0.2, 0) is 0 Å². The van der Waals surface area contributed by atoms with Gasteiger partial charge in [-0.3, -0.25) is 0 Å². The fourth-order valence-electron chi connectivity index (χ4n) is 3.37. The fourth-order valence-corrected chi connectivity index (χ4v) is 4.24. The van der Waals surface area contributed by atoms with Crippen LogP contribution in [-0.4, -0.2) is 0 Å². The third-order valence-corrected chi connectivity index (χ3v) is 5.68. The van der Waals surface area contributed by atoms with Gasteiger partial charge in [0, 0.05) is 9.79 Å². The number of hydrogen-bond acceptors (Lipinski definition) is 1. The minimum atomic E-state index is -0.202. The van der Waals surface area contributed by atoms with Crippen molar-refractivity contribution < 1.29 is 4.39 Å². The first-order valence-electron chi connectivity index (χ1n) is 8.54. The summed E-state index contributed by atoms with van der Waals surface area (Å²) in [6, 6.07) is 30.6. The molecule has 0 aromatic heterocycles. The maximum absolute atomic E-state index is 13.1. The average Bonchev–Trinajstić information content (AvgIpc) is 2.66. The van der Waals surface area contributed by atoms with Gasteiger partial charge in [0.25, 0.3) is 0 Å². The minimum Gasteiger partial charge on any atom is -0.207 e. The number of benzene rings is 5. The molecule has 0 radical (unpaired) electrons. The van der Waals surface area contributed by atoms with Crippen molar-refractivity contribution in [1.29, 1.82) is 0 Å². The molecular weight excluding hydrogens is 339 g/mol. The van der Waals surface area contributed by atoms with Crippen molar-refractivity contribution in [2.24, 2.45) is 0 Å². The van der Waals surface area contributed by atoms with Crippen LogP contribution in [0.3, 0.4) is 0 Å². The molecule has 5 rings (SSSR count). The van der Waals surface area contributed by atoms with Crippen LogP contribution >= 0.6 is 11.8 Å². The molecule has 0 aliphatic carbocycles. The molecular formula is C24H15FS. The van der Waals surface area contributed by atoms with E-state index in [-0.39, 0.29) is 5.82 Å². The highest BCUT2D eigenvalue weighted by atomic mass is 32.2. The van der Waals surface area contributed by atoms with Crippen LogP contribution in [0, 0.1) is 5.82 Å². The lowest BCUT2D eigenvalue weighted by Crippen LogP contribution is -1.80. The van der Waals surface area contributed by atoms with Crippen LogP contribution in [0.1, 0.15) is 0 Å². The first-order valence-corrected chi connectivity index (χ1v) is 9.36. The van der Waals surface area contributed by atoms with E-state index >= 15 is 0 Å². The SMILES string of the molecule is Fc1ccc(Sc2ccc3cc4cc5ccccc5cc4cc3c2)cc1. The van der Waals surface area contributed by atoms with Crippen LogP contribution in [0.25, 0.3) is 32.3 Å².